The van der Waals surface area contributed by atoms with Crippen LogP contribution in [0.4, 0.5) is 11.4 Å². The van der Waals surface area contributed by atoms with Gasteiger partial charge in [0.05, 0.1) is 23.4 Å². The van der Waals surface area contributed by atoms with E-state index in [0.29, 0.717) is 0 Å². The zero-order valence-electron chi connectivity index (χ0n) is 32.8. The highest BCUT2D eigenvalue weighted by Gasteiger charge is 2.33. The molecule has 0 radical (unpaired) electrons. The summed E-state index contributed by atoms with van der Waals surface area (Å²) in [5, 5.41) is 28.2. The molecule has 10 aromatic carbocycles. The van der Waals surface area contributed by atoms with Crippen molar-refractivity contribution in [3.8, 4) is 11.1 Å². The van der Waals surface area contributed by atoms with E-state index in [0.717, 1.165) is 16.9 Å². The molecular formula is C55H41N5. The number of rotatable bonds is 6. The molecule has 5 heteroatoms. The number of aromatic nitrogens is 1. The third-order valence-electron chi connectivity index (χ3n) is 12.4. The van der Waals surface area contributed by atoms with Gasteiger partial charge in [0.2, 0.25) is 0 Å². The van der Waals surface area contributed by atoms with Gasteiger partial charge in [0.25, 0.3) is 0 Å². The molecular weight excluding hydrogens is 731 g/mol. The first-order valence-electron chi connectivity index (χ1n) is 20.8. The maximum absolute atomic E-state index is 4.07. The van der Waals surface area contributed by atoms with Crippen LogP contribution in [-0.2, 0) is 0 Å². The smallest absolute Gasteiger partial charge is 0.142 e. The van der Waals surface area contributed by atoms with Gasteiger partial charge in [0, 0.05) is 38.5 Å². The summed E-state index contributed by atoms with van der Waals surface area (Å²) in [7, 11) is 0. The van der Waals surface area contributed by atoms with E-state index in [1.807, 2.05) is 0 Å². The standard InChI is InChI=1S/C55H41N5/c1-3-18-36(19-4-1)53-57-54(39-32-31-35-17-7-8-20-37(35)33-39)59-55(58-53)60-48-30-16-14-28-45(48)51-50-41-24-10-9-21-38(41)34-46(49(50)43-26-11-12-27-44(43)52(51)60)42-25-13-15-29-47(42)56-40-22-5-2-6-23-40/h1-34,53-59H. The van der Waals surface area contributed by atoms with Gasteiger partial charge in [-0.05, 0) is 85.4 Å². The van der Waals surface area contributed by atoms with Gasteiger partial charge in [0.15, 0.2) is 0 Å². The Bertz CT molecular complexity index is 3410. The molecule has 12 rings (SSSR count). The lowest BCUT2D eigenvalue weighted by molar-refractivity contribution is 0.161. The number of benzene rings is 10. The Morgan fingerprint density at radius 3 is 1.82 bits per heavy atom. The highest BCUT2D eigenvalue weighted by atomic mass is 15.4. The second-order valence-electron chi connectivity index (χ2n) is 15.9. The van der Waals surface area contributed by atoms with E-state index in [-0.39, 0.29) is 18.6 Å². The minimum atomic E-state index is -0.276. The van der Waals surface area contributed by atoms with Crippen LogP contribution in [-0.4, -0.2) is 4.57 Å². The maximum Gasteiger partial charge on any atom is 0.142 e. The minimum Gasteiger partial charge on any atom is -0.355 e. The highest BCUT2D eigenvalue weighted by Crippen LogP contribution is 2.49. The van der Waals surface area contributed by atoms with Crippen molar-refractivity contribution in [2.24, 2.45) is 0 Å². The summed E-state index contributed by atoms with van der Waals surface area (Å²) in [6, 6.07) is 74.6. The van der Waals surface area contributed by atoms with Crippen LogP contribution in [0.2, 0.25) is 0 Å². The second-order valence-corrected chi connectivity index (χ2v) is 15.9. The van der Waals surface area contributed by atoms with Crippen molar-refractivity contribution in [3.63, 3.8) is 0 Å². The monoisotopic (exact) mass is 771 g/mol. The number of fused-ring (bicyclic) bond motifs is 11. The van der Waals surface area contributed by atoms with E-state index in [1.165, 1.54) is 81.6 Å². The van der Waals surface area contributed by atoms with E-state index in [2.05, 4.69) is 232 Å². The van der Waals surface area contributed by atoms with Crippen LogP contribution in [0.1, 0.15) is 29.7 Å². The van der Waals surface area contributed by atoms with Crippen LogP contribution >= 0.6 is 0 Å². The van der Waals surface area contributed by atoms with E-state index in [1.54, 1.807) is 0 Å². The van der Waals surface area contributed by atoms with Crippen LogP contribution in [0.3, 0.4) is 0 Å². The molecule has 1 fully saturated rings. The average Bonchev–Trinajstić information content (AvgIpc) is 3.67. The van der Waals surface area contributed by atoms with Crippen LogP contribution in [0.25, 0.3) is 76.0 Å². The third-order valence-corrected chi connectivity index (χ3v) is 12.4. The number of nitrogens with zero attached hydrogens (tertiary/aromatic N) is 1. The lowest BCUT2D eigenvalue weighted by Crippen LogP contribution is -2.56. The van der Waals surface area contributed by atoms with E-state index >= 15 is 0 Å². The molecule has 1 aliphatic heterocycles. The maximum atomic E-state index is 4.07. The van der Waals surface area contributed by atoms with Crippen LogP contribution in [0.5, 0.6) is 0 Å². The highest BCUT2D eigenvalue weighted by molar-refractivity contribution is 6.39. The van der Waals surface area contributed by atoms with Crippen molar-refractivity contribution in [2.75, 3.05) is 5.32 Å². The van der Waals surface area contributed by atoms with Gasteiger partial charge in [-0.15, -0.1) is 0 Å². The Kier molecular flexibility index (Phi) is 8.23. The molecule has 0 amide bonds. The summed E-state index contributed by atoms with van der Waals surface area (Å²) < 4.78 is 2.53. The molecule has 0 bridgehead atoms. The molecule has 60 heavy (non-hydrogen) atoms. The fraction of sp³-hybridized carbons (Fsp3) is 0.0545. The lowest BCUT2D eigenvalue weighted by Gasteiger charge is -2.40. The molecule has 1 saturated heterocycles. The molecule has 1 aromatic heterocycles. The van der Waals surface area contributed by atoms with Gasteiger partial charge < -0.3 is 9.88 Å². The fourth-order valence-electron chi connectivity index (χ4n) is 9.75. The molecule has 286 valence electrons. The topological polar surface area (TPSA) is 53.1 Å². The van der Waals surface area contributed by atoms with Gasteiger partial charge in [-0.1, -0.05) is 170 Å². The zero-order chi connectivity index (χ0) is 39.6. The summed E-state index contributed by atoms with van der Waals surface area (Å²) in [4.78, 5) is 0. The van der Waals surface area contributed by atoms with Crippen molar-refractivity contribution >= 4 is 76.3 Å². The largest absolute Gasteiger partial charge is 0.355 e. The normalized spacial score (nSPS) is 17.0. The Morgan fingerprint density at radius 1 is 0.383 bits per heavy atom. The van der Waals surface area contributed by atoms with Crippen molar-refractivity contribution in [3.05, 3.63) is 217 Å². The summed E-state index contributed by atoms with van der Waals surface area (Å²) in [6.07, 6.45) is -0.547. The average molecular weight is 772 g/mol. The van der Waals surface area contributed by atoms with Gasteiger partial charge in [-0.25, -0.2) is 0 Å². The quantitative estimate of drug-likeness (QED) is 0.127. The summed E-state index contributed by atoms with van der Waals surface area (Å²) in [5.41, 5.74) is 9.24. The van der Waals surface area contributed by atoms with Crippen LogP contribution in [0, 0.1) is 0 Å². The molecule has 3 atom stereocenters. The van der Waals surface area contributed by atoms with Crippen LogP contribution < -0.4 is 21.3 Å². The van der Waals surface area contributed by atoms with Crippen molar-refractivity contribution < 1.29 is 0 Å². The minimum absolute atomic E-state index is 0.127. The Labute approximate surface area is 347 Å². The van der Waals surface area contributed by atoms with Gasteiger partial charge in [0.1, 0.15) is 6.29 Å². The number of hydrogen-bond acceptors (Lipinski definition) is 4. The van der Waals surface area contributed by atoms with Crippen molar-refractivity contribution in [1.29, 1.82) is 0 Å². The molecule has 0 spiro atoms. The Balaban J connectivity index is 1.15. The molecule has 1 aliphatic rings. The molecule has 2 heterocycles. The summed E-state index contributed by atoms with van der Waals surface area (Å²) >= 11 is 0. The first-order valence-corrected chi connectivity index (χ1v) is 20.8. The molecule has 0 saturated carbocycles. The third kappa shape index (κ3) is 5.67. The Hall–Kier alpha value is -7.28. The van der Waals surface area contributed by atoms with Crippen LogP contribution in [0.15, 0.2) is 206 Å². The van der Waals surface area contributed by atoms with Gasteiger partial charge >= 0.3 is 0 Å². The lowest BCUT2D eigenvalue weighted by atomic mass is 9.87. The number of nitrogens with one attached hydrogen (secondary N) is 4. The Morgan fingerprint density at radius 2 is 1.00 bits per heavy atom. The second kappa shape index (κ2) is 14.2. The van der Waals surface area contributed by atoms with E-state index in [4.69, 9.17) is 0 Å². The van der Waals surface area contributed by atoms with Crippen molar-refractivity contribution in [1.82, 2.24) is 20.5 Å². The predicted octanol–water partition coefficient (Wildman–Crippen LogP) is 13.5. The fourth-order valence-corrected chi connectivity index (χ4v) is 9.75. The molecule has 11 aromatic rings. The first kappa shape index (κ1) is 34.7. The van der Waals surface area contributed by atoms with E-state index < -0.39 is 0 Å². The summed E-state index contributed by atoms with van der Waals surface area (Å²) in [5.74, 6) is 0. The molecule has 0 aliphatic carbocycles. The first-order chi connectivity index (χ1) is 29.8. The molecule has 4 N–H and O–H groups in total. The van der Waals surface area contributed by atoms with E-state index in [9.17, 15) is 0 Å². The number of anilines is 2. The van der Waals surface area contributed by atoms with Gasteiger partial charge in [-0.2, -0.15) is 0 Å². The molecule has 5 nitrogen and oxygen atoms in total. The zero-order valence-corrected chi connectivity index (χ0v) is 32.8. The predicted molar refractivity (Wildman–Crippen MR) is 251 cm³/mol. The SMILES string of the molecule is c1ccc(Nc2ccccc2-c2cc3ccccc3c3c2c2ccccc2c2c3c3ccccc3n2C2NC(c3ccccc3)NC(c3ccc4ccccc4c3)N2)cc1. The van der Waals surface area contributed by atoms with Gasteiger partial charge in [-0.3, -0.25) is 16.0 Å². The van der Waals surface area contributed by atoms with Crippen molar-refractivity contribution in [2.45, 2.75) is 18.6 Å². The number of hydrogen-bond donors (Lipinski definition) is 4. The molecule has 3 unspecified atom stereocenters. The number of para-hydroxylation sites is 3. The summed E-state index contributed by atoms with van der Waals surface area (Å²) in [6.45, 7) is 0.